The summed E-state index contributed by atoms with van der Waals surface area (Å²) >= 11 is -1.13. The van der Waals surface area contributed by atoms with Crippen molar-refractivity contribution in [1.29, 1.82) is 0 Å². The fourth-order valence-corrected chi connectivity index (χ4v) is 6.21. The second-order valence-corrected chi connectivity index (χ2v) is 10.6. The lowest BCUT2D eigenvalue weighted by molar-refractivity contribution is 0.143. The van der Waals surface area contributed by atoms with Crippen molar-refractivity contribution in [3.8, 4) is 11.3 Å². The van der Waals surface area contributed by atoms with E-state index in [1.54, 1.807) is 12.1 Å². The monoisotopic (exact) mass is 468 g/mol. The summed E-state index contributed by atoms with van der Waals surface area (Å²) in [7, 11) is 0. The summed E-state index contributed by atoms with van der Waals surface area (Å²) in [4.78, 5) is 12.4. The summed E-state index contributed by atoms with van der Waals surface area (Å²) in [6.07, 6.45) is 4.21. The Hall–Kier alpha value is -2.69. The largest absolute Gasteiger partial charge is 0.611 e. The van der Waals surface area contributed by atoms with Gasteiger partial charge in [-0.1, -0.05) is 0 Å². The average Bonchev–Trinajstić information content (AvgIpc) is 3.40. The number of halogens is 1. The molecule has 0 amide bonds. The SMILES string of the molecule is [O-][S@+]1CCc2nc(N3CCc4[nH]nc(-c5ccc(F)cc5)c4C3)nc(NC3(CO)CCC3)c21. The number of anilines is 2. The summed E-state index contributed by atoms with van der Waals surface area (Å²) in [5, 5.41) is 21.0. The summed E-state index contributed by atoms with van der Waals surface area (Å²) in [5.74, 6) is 1.46. The van der Waals surface area contributed by atoms with Crippen molar-refractivity contribution in [3.63, 3.8) is 0 Å². The highest BCUT2D eigenvalue weighted by Gasteiger charge is 2.41. The van der Waals surface area contributed by atoms with E-state index in [0.29, 0.717) is 35.4 Å². The van der Waals surface area contributed by atoms with Crippen LogP contribution in [0.4, 0.5) is 16.2 Å². The van der Waals surface area contributed by atoms with Crippen molar-refractivity contribution < 1.29 is 14.0 Å². The summed E-state index contributed by atoms with van der Waals surface area (Å²) < 4.78 is 26.1. The van der Waals surface area contributed by atoms with Crippen LogP contribution in [-0.4, -0.2) is 54.3 Å². The molecular formula is C23H25FN6O2S. The van der Waals surface area contributed by atoms with Crippen molar-refractivity contribution in [2.24, 2.45) is 0 Å². The molecule has 1 aromatic carbocycles. The van der Waals surface area contributed by atoms with Gasteiger partial charge in [0.1, 0.15) is 17.3 Å². The molecule has 33 heavy (non-hydrogen) atoms. The third kappa shape index (κ3) is 3.56. The molecule has 3 N–H and O–H groups in total. The van der Waals surface area contributed by atoms with Crippen LogP contribution in [0.1, 0.15) is 36.2 Å². The van der Waals surface area contributed by atoms with E-state index in [1.807, 2.05) is 0 Å². The first-order valence-corrected chi connectivity index (χ1v) is 12.6. The van der Waals surface area contributed by atoms with Crippen LogP contribution in [0, 0.1) is 5.82 Å². The number of nitrogens with zero attached hydrogens (tertiary/aromatic N) is 4. The molecule has 1 fully saturated rings. The molecule has 0 unspecified atom stereocenters. The number of aromatic amines is 1. The van der Waals surface area contributed by atoms with E-state index in [9.17, 15) is 14.0 Å². The van der Waals surface area contributed by atoms with Crippen LogP contribution in [0.15, 0.2) is 29.2 Å². The van der Waals surface area contributed by atoms with Crippen LogP contribution in [0.25, 0.3) is 11.3 Å². The molecule has 2 aromatic heterocycles. The van der Waals surface area contributed by atoms with Crippen LogP contribution >= 0.6 is 0 Å². The van der Waals surface area contributed by atoms with Gasteiger partial charge >= 0.3 is 0 Å². The molecule has 6 rings (SSSR count). The summed E-state index contributed by atoms with van der Waals surface area (Å²) in [6.45, 7) is 1.33. The fourth-order valence-electron chi connectivity index (χ4n) is 4.90. The number of rotatable bonds is 5. The number of fused-ring (bicyclic) bond motifs is 2. The lowest BCUT2D eigenvalue weighted by atomic mass is 9.77. The normalized spacial score (nSPS) is 20.8. The number of aryl methyl sites for hydroxylation is 1. The standard InChI is InChI=1S/C23H25FN6O2S/c24-15-4-2-14(3-5-15)19-16-12-30(10-6-17(16)28-29-19)22-25-18-7-11-33(32)20(18)21(26-22)27-23(13-31)8-1-9-23/h2-5,31H,1,6-13H2,(H,28,29)(H,25,26,27)/t33-/m1/s1. The van der Waals surface area contributed by atoms with E-state index in [0.717, 1.165) is 60.4 Å². The Bertz CT molecular complexity index is 1190. The third-order valence-corrected chi connectivity index (χ3v) is 8.47. The second-order valence-electron chi connectivity index (χ2n) is 9.07. The Morgan fingerprint density at radius 2 is 2.03 bits per heavy atom. The molecule has 2 aliphatic heterocycles. The Morgan fingerprint density at radius 1 is 1.21 bits per heavy atom. The topological polar surface area (TPSA) is 113 Å². The Labute approximate surface area is 193 Å². The van der Waals surface area contributed by atoms with Gasteiger partial charge in [-0.25, -0.2) is 9.37 Å². The number of nitrogens with one attached hydrogen (secondary N) is 2. The van der Waals surface area contributed by atoms with Crippen molar-refractivity contribution in [2.45, 2.75) is 49.1 Å². The Balaban J connectivity index is 1.34. The zero-order chi connectivity index (χ0) is 22.6. The number of aliphatic hydroxyl groups is 1. The van der Waals surface area contributed by atoms with Gasteiger partial charge in [0.15, 0.2) is 5.82 Å². The molecular weight excluding hydrogens is 443 g/mol. The van der Waals surface area contributed by atoms with Gasteiger partial charge in [0, 0.05) is 42.8 Å². The van der Waals surface area contributed by atoms with Crippen molar-refractivity contribution in [2.75, 3.05) is 29.1 Å². The Kier molecular flexibility index (Phi) is 5.04. The van der Waals surface area contributed by atoms with Gasteiger partial charge in [-0.05, 0) is 54.7 Å². The number of aromatic nitrogens is 4. The highest BCUT2D eigenvalue weighted by molar-refractivity contribution is 7.91. The van der Waals surface area contributed by atoms with Gasteiger partial charge in [-0.2, -0.15) is 10.1 Å². The zero-order valence-electron chi connectivity index (χ0n) is 18.1. The van der Waals surface area contributed by atoms with Gasteiger partial charge in [0.2, 0.25) is 10.8 Å². The highest BCUT2D eigenvalue weighted by Crippen LogP contribution is 2.40. The van der Waals surface area contributed by atoms with Crippen LogP contribution in [-0.2, 0) is 30.6 Å². The third-order valence-electron chi connectivity index (χ3n) is 7.01. The molecule has 1 aliphatic carbocycles. The van der Waals surface area contributed by atoms with Crippen molar-refractivity contribution in [1.82, 2.24) is 20.2 Å². The molecule has 3 aliphatic rings. The minimum absolute atomic E-state index is 0.0247. The maximum Gasteiger partial charge on any atom is 0.228 e. The van der Waals surface area contributed by atoms with Gasteiger partial charge in [0.05, 0.1) is 17.8 Å². The summed E-state index contributed by atoms with van der Waals surface area (Å²) in [6, 6.07) is 6.36. The number of aliphatic hydroxyl groups excluding tert-OH is 1. The molecule has 10 heteroatoms. The van der Waals surface area contributed by atoms with E-state index in [-0.39, 0.29) is 18.0 Å². The quantitative estimate of drug-likeness (QED) is 0.493. The maximum absolute atomic E-state index is 13.4. The fraction of sp³-hybridized carbons (Fsp3) is 0.435. The first-order chi connectivity index (χ1) is 16.0. The lowest BCUT2D eigenvalue weighted by Crippen LogP contribution is -2.49. The molecule has 172 valence electrons. The van der Waals surface area contributed by atoms with Crippen LogP contribution in [0.2, 0.25) is 0 Å². The molecule has 4 heterocycles. The van der Waals surface area contributed by atoms with E-state index in [2.05, 4.69) is 20.4 Å². The van der Waals surface area contributed by atoms with E-state index < -0.39 is 11.2 Å². The smallest absolute Gasteiger partial charge is 0.228 e. The second kappa shape index (κ2) is 7.96. The van der Waals surface area contributed by atoms with Gasteiger partial charge in [0.25, 0.3) is 0 Å². The first kappa shape index (κ1) is 20.9. The number of H-pyrrole nitrogens is 1. The van der Waals surface area contributed by atoms with Gasteiger partial charge in [-0.3, -0.25) is 5.10 Å². The van der Waals surface area contributed by atoms with Crippen LogP contribution < -0.4 is 10.2 Å². The number of hydrogen-bond acceptors (Lipinski definition) is 7. The molecule has 1 atom stereocenters. The minimum atomic E-state index is -1.13. The van der Waals surface area contributed by atoms with E-state index in [1.165, 1.54) is 12.1 Å². The first-order valence-electron chi connectivity index (χ1n) is 11.3. The van der Waals surface area contributed by atoms with Crippen LogP contribution in [0.5, 0.6) is 0 Å². The predicted molar refractivity (Wildman–Crippen MR) is 123 cm³/mol. The number of hydrogen-bond donors (Lipinski definition) is 3. The molecule has 3 aromatic rings. The molecule has 0 spiro atoms. The molecule has 0 radical (unpaired) electrons. The minimum Gasteiger partial charge on any atom is -0.611 e. The summed E-state index contributed by atoms with van der Waals surface area (Å²) in [5.41, 5.74) is 4.23. The van der Waals surface area contributed by atoms with E-state index >= 15 is 0 Å². The molecule has 0 saturated heterocycles. The Morgan fingerprint density at radius 3 is 2.76 bits per heavy atom. The predicted octanol–water partition coefficient (Wildman–Crippen LogP) is 2.56. The average molecular weight is 469 g/mol. The zero-order valence-corrected chi connectivity index (χ0v) is 18.9. The van der Waals surface area contributed by atoms with Crippen molar-refractivity contribution >= 4 is 22.9 Å². The molecule has 8 nitrogen and oxygen atoms in total. The van der Waals surface area contributed by atoms with Crippen LogP contribution in [0.3, 0.4) is 0 Å². The highest BCUT2D eigenvalue weighted by atomic mass is 32.2. The molecule has 0 bridgehead atoms. The van der Waals surface area contributed by atoms with Gasteiger partial charge < -0.3 is 19.9 Å². The number of benzene rings is 1. The van der Waals surface area contributed by atoms with Crippen molar-refractivity contribution in [3.05, 3.63) is 47.0 Å². The lowest BCUT2D eigenvalue weighted by Gasteiger charge is -2.41. The maximum atomic E-state index is 13.4. The molecule has 1 saturated carbocycles. The van der Waals surface area contributed by atoms with Gasteiger partial charge in [-0.15, -0.1) is 0 Å². The van der Waals surface area contributed by atoms with E-state index in [4.69, 9.17) is 9.97 Å².